The molecule has 3 aromatic rings. The van der Waals surface area contributed by atoms with E-state index in [0.29, 0.717) is 23.3 Å². The summed E-state index contributed by atoms with van der Waals surface area (Å²) in [4.78, 5) is 58.2. The molecule has 1 amide bonds. The van der Waals surface area contributed by atoms with Crippen LogP contribution in [0, 0.1) is 0 Å². The third-order valence-electron chi connectivity index (χ3n) is 7.84. The van der Waals surface area contributed by atoms with Gasteiger partial charge >= 0.3 is 18.0 Å². The lowest BCUT2D eigenvalue weighted by molar-refractivity contribution is -0.193. The van der Waals surface area contributed by atoms with Gasteiger partial charge in [0, 0.05) is 24.6 Å². The molecule has 2 atom stereocenters. The number of hydrogen-bond donors (Lipinski definition) is 2. The van der Waals surface area contributed by atoms with Crippen molar-refractivity contribution in [3.05, 3.63) is 57.4 Å². The Bertz CT molecular complexity index is 1740. The van der Waals surface area contributed by atoms with Gasteiger partial charge in [0.15, 0.2) is 0 Å². The molecule has 0 fully saturated rings. The molecule has 44 heavy (non-hydrogen) atoms. The first-order chi connectivity index (χ1) is 20.5. The van der Waals surface area contributed by atoms with E-state index in [9.17, 15) is 24.3 Å². The number of pyridine rings is 2. The maximum absolute atomic E-state index is 14.3. The van der Waals surface area contributed by atoms with Gasteiger partial charge in [-0.25, -0.2) is 14.6 Å². The Labute approximate surface area is 256 Å². The largest absolute Gasteiger partial charge is 0.508 e. The summed E-state index contributed by atoms with van der Waals surface area (Å²) in [5.41, 5.74) is 0.0445. The molecule has 234 valence electrons. The smallest absolute Gasteiger partial charge is 0.408 e. The number of carbonyl (C=O) groups excluding carboxylic acids is 3. The van der Waals surface area contributed by atoms with Gasteiger partial charge in [0.2, 0.25) is 5.60 Å². The summed E-state index contributed by atoms with van der Waals surface area (Å²) in [5, 5.41) is 13.1. The van der Waals surface area contributed by atoms with Gasteiger partial charge in [0.25, 0.3) is 5.56 Å². The van der Waals surface area contributed by atoms with Gasteiger partial charge in [0.1, 0.15) is 24.0 Å². The second-order valence-electron chi connectivity index (χ2n) is 13.6. The quantitative estimate of drug-likeness (QED) is 0.163. The zero-order chi connectivity index (χ0) is 32.2. The van der Waals surface area contributed by atoms with Crippen molar-refractivity contribution in [2.24, 2.45) is 0 Å². The molecule has 0 aliphatic carbocycles. The van der Waals surface area contributed by atoms with Crippen molar-refractivity contribution in [3.8, 4) is 17.1 Å². The molecule has 12 heteroatoms. The highest BCUT2D eigenvalue weighted by Crippen LogP contribution is 2.45. The van der Waals surface area contributed by atoms with Crippen molar-refractivity contribution in [2.45, 2.75) is 90.1 Å². The molecule has 2 unspecified atom stereocenters. The lowest BCUT2D eigenvalue weighted by atomic mass is 9.82. The number of phenolic OH excluding ortho intramolecular Hbond substituents is 1. The molecule has 5 rings (SSSR count). The Morgan fingerprint density at radius 3 is 2.57 bits per heavy atom. The highest BCUT2D eigenvalue weighted by atomic mass is 28.3. The Morgan fingerprint density at radius 1 is 1.18 bits per heavy atom. The lowest BCUT2D eigenvalue weighted by Crippen LogP contribution is -2.50. The van der Waals surface area contributed by atoms with Crippen LogP contribution in [0.5, 0.6) is 5.75 Å². The predicted molar refractivity (Wildman–Crippen MR) is 166 cm³/mol. The molecule has 2 aromatic heterocycles. The first-order valence-electron chi connectivity index (χ1n) is 14.8. The molecule has 0 bridgehead atoms. The fraction of sp³-hybridized carbons (Fsp3) is 0.469. The fourth-order valence-electron chi connectivity index (χ4n) is 5.73. The van der Waals surface area contributed by atoms with Crippen molar-refractivity contribution >= 4 is 37.0 Å². The van der Waals surface area contributed by atoms with Crippen LogP contribution in [0.1, 0.15) is 63.3 Å². The fourth-order valence-corrected chi connectivity index (χ4v) is 6.86. The summed E-state index contributed by atoms with van der Waals surface area (Å²) in [5.74, 6) is -1.53. The van der Waals surface area contributed by atoms with Crippen molar-refractivity contribution in [3.63, 3.8) is 0 Å². The van der Waals surface area contributed by atoms with Crippen molar-refractivity contribution < 1.29 is 33.7 Å². The van der Waals surface area contributed by atoms with Crippen molar-refractivity contribution in [2.75, 3.05) is 6.54 Å². The number of carbonyl (C=O) groups is 3. The molecule has 0 spiro atoms. The Balaban J connectivity index is 1.60. The van der Waals surface area contributed by atoms with E-state index in [0.717, 1.165) is 17.0 Å². The van der Waals surface area contributed by atoms with Gasteiger partial charge in [-0.1, -0.05) is 32.6 Å². The maximum atomic E-state index is 14.3. The number of benzene rings is 1. The van der Waals surface area contributed by atoms with E-state index in [-0.39, 0.29) is 35.4 Å². The summed E-state index contributed by atoms with van der Waals surface area (Å²) in [7, 11) is -1.58. The van der Waals surface area contributed by atoms with Gasteiger partial charge in [-0.15, -0.1) is 0 Å². The van der Waals surface area contributed by atoms with Gasteiger partial charge in [-0.05, 0) is 63.9 Å². The number of nitrogens with one attached hydrogen (secondary N) is 1. The van der Waals surface area contributed by atoms with E-state index < -0.39 is 50.0 Å². The monoisotopic (exact) mass is 621 g/mol. The minimum atomic E-state index is -1.90. The number of aromatic hydroxyl groups is 1. The number of alkyl carbamates (subject to hydrolysis) is 1. The molecule has 0 saturated carbocycles. The van der Waals surface area contributed by atoms with E-state index in [1.165, 1.54) is 0 Å². The van der Waals surface area contributed by atoms with Gasteiger partial charge in [0.05, 0.1) is 29.0 Å². The SMILES string of the molecule is CCC1(OC(=O)CNC(=O)OC(C)(C)C)C(=O)OC(CC[Si](C)(C)C)c2c1cc1n(c2=O)Cc2cc3cc(O)ccc3nc2-1. The number of fused-ring (bicyclic) bond motifs is 5. The molecule has 0 saturated heterocycles. The molecular weight excluding hydrogens is 582 g/mol. The summed E-state index contributed by atoms with van der Waals surface area (Å²) in [6.07, 6.45) is -1.15. The van der Waals surface area contributed by atoms with E-state index in [2.05, 4.69) is 25.0 Å². The molecule has 4 heterocycles. The summed E-state index contributed by atoms with van der Waals surface area (Å²) in [6.45, 7) is 13.1. The minimum Gasteiger partial charge on any atom is -0.508 e. The van der Waals surface area contributed by atoms with Crippen molar-refractivity contribution in [1.29, 1.82) is 0 Å². The average Bonchev–Trinajstić information content (AvgIpc) is 3.27. The highest BCUT2D eigenvalue weighted by Gasteiger charge is 2.53. The number of cyclic esters (lactones) is 1. The molecular formula is C32H39N3O8Si. The van der Waals surface area contributed by atoms with E-state index >= 15 is 0 Å². The topological polar surface area (TPSA) is 146 Å². The molecule has 2 N–H and O–H groups in total. The second kappa shape index (κ2) is 11.1. The third-order valence-corrected chi connectivity index (χ3v) is 9.63. The Hall–Kier alpha value is -4.19. The molecule has 2 aliphatic heterocycles. The van der Waals surface area contributed by atoms with Crippen LogP contribution in [-0.2, 0) is 35.9 Å². The number of rotatable bonds is 7. The number of hydrogen-bond acceptors (Lipinski definition) is 9. The van der Waals surface area contributed by atoms with Crippen LogP contribution in [-0.4, -0.2) is 52.9 Å². The minimum absolute atomic E-state index is 0.00206. The van der Waals surface area contributed by atoms with Crippen LogP contribution in [0.2, 0.25) is 25.7 Å². The molecule has 0 radical (unpaired) electrons. The summed E-state index contributed by atoms with van der Waals surface area (Å²) in [6, 6.07) is 9.28. The van der Waals surface area contributed by atoms with Crippen LogP contribution < -0.4 is 10.9 Å². The number of aromatic nitrogens is 2. The summed E-state index contributed by atoms with van der Waals surface area (Å²) < 4.78 is 18.6. The standard InChI is InChI=1S/C32H39N3O8Si/c1-8-32(42-25(37)16-33-30(40)43-31(2,3)4)21-15-23-27-19(13-18-14-20(36)9-10-22(18)34-27)17-35(23)28(38)26(21)24(41-29(32)39)11-12-44(5,6)7/h9-10,13-15,24,36H,8,11-12,16-17H2,1-7H3,(H,33,40). The highest BCUT2D eigenvalue weighted by molar-refractivity contribution is 6.76. The van der Waals surface area contributed by atoms with Crippen molar-refractivity contribution in [1.82, 2.24) is 14.9 Å². The maximum Gasteiger partial charge on any atom is 0.408 e. The normalized spacial score (nSPS) is 19.1. The zero-order valence-corrected chi connectivity index (χ0v) is 27.2. The Kier molecular flexibility index (Phi) is 7.85. The van der Waals surface area contributed by atoms with E-state index in [1.54, 1.807) is 56.5 Å². The molecule has 2 aliphatic rings. The molecule has 1 aromatic carbocycles. The zero-order valence-electron chi connectivity index (χ0n) is 26.2. The van der Waals surface area contributed by atoms with Crippen LogP contribution in [0.3, 0.4) is 0 Å². The number of nitrogens with zero attached hydrogens (tertiary/aromatic N) is 2. The van der Waals surface area contributed by atoms with Crippen LogP contribution >= 0.6 is 0 Å². The van der Waals surface area contributed by atoms with Gasteiger partial charge in [-0.3, -0.25) is 9.59 Å². The first-order valence-corrected chi connectivity index (χ1v) is 18.5. The van der Waals surface area contributed by atoms with E-state index in [1.807, 2.05) is 6.07 Å². The average molecular weight is 622 g/mol. The van der Waals surface area contributed by atoms with E-state index in [4.69, 9.17) is 19.2 Å². The number of amides is 1. The number of esters is 2. The van der Waals surface area contributed by atoms with Gasteiger partial charge < -0.3 is 29.2 Å². The summed E-state index contributed by atoms with van der Waals surface area (Å²) >= 11 is 0. The Morgan fingerprint density at radius 2 is 1.91 bits per heavy atom. The number of phenols is 1. The van der Waals surface area contributed by atoms with Crippen LogP contribution in [0.25, 0.3) is 22.3 Å². The third kappa shape index (κ3) is 5.95. The van der Waals surface area contributed by atoms with Crippen LogP contribution in [0.15, 0.2) is 35.1 Å². The first kappa shape index (κ1) is 31.2. The van der Waals surface area contributed by atoms with Crippen LogP contribution in [0.4, 0.5) is 4.79 Å². The second-order valence-corrected chi connectivity index (χ2v) is 19.2. The predicted octanol–water partition coefficient (Wildman–Crippen LogP) is 5.13. The lowest BCUT2D eigenvalue weighted by Gasteiger charge is -2.39. The van der Waals surface area contributed by atoms with Gasteiger partial charge in [-0.2, -0.15) is 0 Å². The molecule has 11 nitrogen and oxygen atoms in total. The number of ether oxygens (including phenoxy) is 3.